The molecule has 1 fully saturated rings. The van der Waals surface area contributed by atoms with Gasteiger partial charge in [0.2, 0.25) is 0 Å². The van der Waals surface area contributed by atoms with Gasteiger partial charge in [0.1, 0.15) is 0 Å². The lowest BCUT2D eigenvalue weighted by Gasteiger charge is -2.06. The van der Waals surface area contributed by atoms with E-state index in [1.165, 1.54) is 44.3 Å². The Morgan fingerprint density at radius 1 is 0.917 bits per heavy atom. The second-order valence-electron chi connectivity index (χ2n) is 3.00. The van der Waals surface area contributed by atoms with Crippen LogP contribution in [0.5, 0.6) is 0 Å². The molecule has 1 radical (unpaired) electrons. The average molecular weight is 205 g/mol. The van der Waals surface area contributed by atoms with Gasteiger partial charge in [0, 0.05) is 23.3 Å². The first kappa shape index (κ1) is 10.7. The molecule has 2 nitrogen and oxygen atoms in total. The largest absolute Gasteiger partial charge is 0.174 e. The lowest BCUT2D eigenvalue weighted by Crippen LogP contribution is -2.17. The maximum Gasteiger partial charge on any atom is 0.0314 e. The predicted molar refractivity (Wildman–Crippen MR) is 57.9 cm³/mol. The van der Waals surface area contributed by atoms with Gasteiger partial charge in [-0.3, -0.25) is 0 Å². The summed E-state index contributed by atoms with van der Waals surface area (Å²) >= 11 is 0. The van der Waals surface area contributed by atoms with Crippen LogP contribution >= 0.6 is 21.8 Å². The molecule has 0 aliphatic carbocycles. The molecule has 0 atom stereocenters. The van der Waals surface area contributed by atoms with Crippen molar-refractivity contribution in [3.63, 3.8) is 0 Å². The minimum atomic E-state index is 0.980. The van der Waals surface area contributed by atoms with Crippen LogP contribution in [0.3, 0.4) is 0 Å². The average Bonchev–Trinajstić information content (AvgIpc) is 2.05. The summed E-state index contributed by atoms with van der Waals surface area (Å²) in [5, 5.41) is 0. The van der Waals surface area contributed by atoms with Crippen molar-refractivity contribution < 1.29 is 0 Å². The van der Waals surface area contributed by atoms with Crippen molar-refractivity contribution in [3.8, 4) is 0 Å². The monoisotopic (exact) mass is 205 g/mol. The van der Waals surface area contributed by atoms with Crippen molar-refractivity contribution in [2.75, 3.05) is 12.3 Å². The zero-order chi connectivity index (χ0) is 8.49. The highest BCUT2D eigenvalue weighted by molar-refractivity contribution is 8.75. The summed E-state index contributed by atoms with van der Waals surface area (Å²) in [5.41, 5.74) is 4.20. The van der Waals surface area contributed by atoms with Gasteiger partial charge in [-0.2, -0.15) is 10.3 Å². The van der Waals surface area contributed by atoms with E-state index in [9.17, 15) is 0 Å². The summed E-state index contributed by atoms with van der Waals surface area (Å²) in [4.78, 5) is 3.01. The van der Waals surface area contributed by atoms with Gasteiger partial charge in [0.05, 0.1) is 0 Å². The highest BCUT2D eigenvalue weighted by atomic mass is 33.1. The van der Waals surface area contributed by atoms with Crippen LogP contribution in [-0.2, 0) is 0 Å². The molecular weight excluding hydrogens is 188 g/mol. The molecule has 0 spiro atoms. The van der Waals surface area contributed by atoms with Crippen LogP contribution in [0, 0.1) is 0 Å². The normalized spacial score (nSPS) is 24.0. The number of nitrogens with one attached hydrogen (secondary N) is 1. The molecule has 0 aromatic heterocycles. The molecule has 0 saturated carbocycles. The molecule has 1 N–H and O–H groups in total. The van der Waals surface area contributed by atoms with Gasteiger partial charge in [-0.15, -0.1) is 0 Å². The number of nitrogens with zero attached hydrogens (tertiary/aromatic N) is 1. The molecule has 0 amide bonds. The van der Waals surface area contributed by atoms with E-state index in [-0.39, 0.29) is 0 Å². The SMILES string of the molecule is C1CCCCSSN[N]CCC1. The Hall–Kier alpha value is 0.620. The molecule has 0 aromatic rings. The first-order valence-corrected chi connectivity index (χ1v) is 7.02. The summed E-state index contributed by atoms with van der Waals surface area (Å²) in [6, 6.07) is 0. The molecule has 1 rings (SSSR count). The smallest absolute Gasteiger partial charge is 0.0314 e. The van der Waals surface area contributed by atoms with E-state index in [2.05, 4.69) is 10.3 Å². The van der Waals surface area contributed by atoms with E-state index in [0.29, 0.717) is 0 Å². The van der Waals surface area contributed by atoms with Gasteiger partial charge in [-0.05, 0) is 12.8 Å². The fourth-order valence-electron chi connectivity index (χ4n) is 1.20. The van der Waals surface area contributed by atoms with Crippen LogP contribution in [0.4, 0.5) is 0 Å². The molecule has 1 aliphatic heterocycles. The lowest BCUT2D eigenvalue weighted by atomic mass is 10.1. The Balaban J connectivity index is 2.00. The zero-order valence-electron chi connectivity index (χ0n) is 7.42. The van der Waals surface area contributed by atoms with Crippen molar-refractivity contribution >= 4 is 21.8 Å². The standard InChI is InChI=1S/C8H17N2S2/c1-2-4-6-8-11-12-10-9-7-5-3-1/h10H,1-8H2. The molecule has 12 heavy (non-hydrogen) atoms. The molecule has 1 heterocycles. The molecule has 1 saturated heterocycles. The third-order valence-corrected chi connectivity index (χ3v) is 3.76. The maximum atomic E-state index is 4.20. The predicted octanol–water partition coefficient (Wildman–Crippen LogP) is 2.75. The van der Waals surface area contributed by atoms with Gasteiger partial charge >= 0.3 is 0 Å². The van der Waals surface area contributed by atoms with Crippen molar-refractivity contribution in [3.05, 3.63) is 0 Å². The first-order chi connectivity index (χ1) is 6.00. The second kappa shape index (κ2) is 8.23. The summed E-state index contributed by atoms with van der Waals surface area (Å²) in [7, 11) is 3.55. The highest BCUT2D eigenvalue weighted by Gasteiger charge is 1.96. The molecule has 0 unspecified atom stereocenters. The third-order valence-electron chi connectivity index (χ3n) is 1.91. The van der Waals surface area contributed by atoms with Crippen LogP contribution < -0.4 is 10.3 Å². The van der Waals surface area contributed by atoms with Crippen LogP contribution in [-0.4, -0.2) is 12.3 Å². The van der Waals surface area contributed by atoms with Crippen molar-refractivity contribution in [2.24, 2.45) is 0 Å². The number of rotatable bonds is 0. The first-order valence-electron chi connectivity index (χ1n) is 4.70. The summed E-state index contributed by atoms with van der Waals surface area (Å²) in [6.45, 7) is 0.980. The number of hydrogen-bond acceptors (Lipinski definition) is 3. The molecule has 4 heteroatoms. The Labute approximate surface area is 83.1 Å². The fourth-order valence-corrected chi connectivity index (χ4v) is 2.72. The van der Waals surface area contributed by atoms with Crippen molar-refractivity contribution in [1.29, 1.82) is 0 Å². The minimum absolute atomic E-state index is 0.980. The van der Waals surface area contributed by atoms with E-state index in [1.807, 2.05) is 10.8 Å². The zero-order valence-corrected chi connectivity index (χ0v) is 9.05. The van der Waals surface area contributed by atoms with Gasteiger partial charge < -0.3 is 0 Å². The van der Waals surface area contributed by atoms with Gasteiger partial charge in [-0.1, -0.05) is 36.5 Å². The topological polar surface area (TPSA) is 26.1 Å². The van der Waals surface area contributed by atoms with Crippen molar-refractivity contribution in [1.82, 2.24) is 10.3 Å². The van der Waals surface area contributed by atoms with Crippen LogP contribution in [0.15, 0.2) is 0 Å². The van der Waals surface area contributed by atoms with E-state index < -0.39 is 0 Å². The lowest BCUT2D eigenvalue weighted by molar-refractivity contribution is 0.563. The maximum absolute atomic E-state index is 4.20. The van der Waals surface area contributed by atoms with E-state index in [0.717, 1.165) is 6.54 Å². The molecular formula is C8H17N2S2. The van der Waals surface area contributed by atoms with Crippen LogP contribution in [0.1, 0.15) is 38.5 Å². The fraction of sp³-hybridized carbons (Fsp3) is 1.00. The quantitative estimate of drug-likeness (QED) is 0.486. The Morgan fingerprint density at radius 3 is 2.58 bits per heavy atom. The summed E-state index contributed by atoms with van der Waals surface area (Å²) in [6.07, 6.45) is 8.18. The second-order valence-corrected chi connectivity index (χ2v) is 5.20. The van der Waals surface area contributed by atoms with E-state index >= 15 is 0 Å². The van der Waals surface area contributed by atoms with Gasteiger partial charge in [0.15, 0.2) is 0 Å². The minimum Gasteiger partial charge on any atom is -0.174 e. The molecule has 71 valence electrons. The van der Waals surface area contributed by atoms with Gasteiger partial charge in [0.25, 0.3) is 0 Å². The Bertz CT molecular complexity index is 58.0. The Kier molecular flexibility index (Phi) is 7.34. The summed E-state index contributed by atoms with van der Waals surface area (Å²) < 4.78 is 0. The van der Waals surface area contributed by atoms with Crippen LogP contribution in [0.2, 0.25) is 0 Å². The van der Waals surface area contributed by atoms with E-state index in [1.54, 1.807) is 11.0 Å². The third kappa shape index (κ3) is 6.17. The molecule has 1 aliphatic rings. The van der Waals surface area contributed by atoms with E-state index in [4.69, 9.17) is 0 Å². The molecule has 0 aromatic carbocycles. The molecule has 0 bridgehead atoms. The number of hydrogen-bond donors (Lipinski definition) is 1. The summed E-state index contributed by atoms with van der Waals surface area (Å²) in [5.74, 6) is 1.26. The highest BCUT2D eigenvalue weighted by Crippen LogP contribution is 2.19. The van der Waals surface area contributed by atoms with Gasteiger partial charge in [-0.25, -0.2) is 0 Å². The van der Waals surface area contributed by atoms with Crippen molar-refractivity contribution in [2.45, 2.75) is 38.5 Å². The Morgan fingerprint density at radius 2 is 1.67 bits per heavy atom. The van der Waals surface area contributed by atoms with Crippen LogP contribution in [0.25, 0.3) is 0 Å².